The fourth-order valence-electron chi connectivity index (χ4n) is 4.47. The largest absolute Gasteiger partial charge is 0.398 e. The summed E-state index contributed by atoms with van der Waals surface area (Å²) in [4.78, 5) is 32.0. The Hall–Kier alpha value is -4.02. The number of nitrogens with one attached hydrogen (secondary N) is 2. The van der Waals surface area contributed by atoms with Gasteiger partial charge in [-0.15, -0.1) is 0 Å². The van der Waals surface area contributed by atoms with Gasteiger partial charge in [0.25, 0.3) is 5.91 Å². The minimum absolute atomic E-state index is 0.156. The van der Waals surface area contributed by atoms with Crippen molar-refractivity contribution < 1.29 is 9.59 Å². The molecular formula is C27H29N7O2S. The van der Waals surface area contributed by atoms with Gasteiger partial charge < -0.3 is 21.3 Å². The fourth-order valence-corrected chi connectivity index (χ4v) is 5.58. The SMILES string of the molecule is CC(=O)Nc1nc2c(s1)-c1c(c(-c3ccccc3)nn1-c1ccc(C(=O)NCCN(C)C)c(N)c1)CC2. The van der Waals surface area contributed by atoms with Gasteiger partial charge in [-0.1, -0.05) is 41.7 Å². The molecular weight excluding hydrogens is 486 g/mol. The van der Waals surface area contributed by atoms with Crippen molar-refractivity contribution in [3.05, 3.63) is 65.4 Å². The number of aryl methyl sites for hydroxylation is 1. The van der Waals surface area contributed by atoms with Crippen LogP contribution in [0.3, 0.4) is 0 Å². The molecule has 4 N–H and O–H groups in total. The van der Waals surface area contributed by atoms with E-state index in [0.29, 0.717) is 22.9 Å². The number of likely N-dealkylation sites (N-methyl/N-ethyl adjacent to an activating group) is 1. The zero-order valence-corrected chi connectivity index (χ0v) is 21.9. The summed E-state index contributed by atoms with van der Waals surface area (Å²) in [5, 5.41) is 11.3. The molecule has 0 saturated carbocycles. The Morgan fingerprint density at radius 3 is 2.62 bits per heavy atom. The van der Waals surface area contributed by atoms with Crippen molar-refractivity contribution in [1.29, 1.82) is 0 Å². The van der Waals surface area contributed by atoms with E-state index < -0.39 is 0 Å². The number of thiazole rings is 1. The number of nitrogens with zero attached hydrogens (tertiary/aromatic N) is 4. The van der Waals surface area contributed by atoms with E-state index in [1.54, 1.807) is 12.1 Å². The third-order valence-electron chi connectivity index (χ3n) is 6.21. The van der Waals surface area contributed by atoms with Crippen LogP contribution in [0.1, 0.15) is 28.5 Å². The number of benzene rings is 2. The van der Waals surface area contributed by atoms with Crippen LogP contribution in [0, 0.1) is 0 Å². The van der Waals surface area contributed by atoms with Crippen LogP contribution in [0.2, 0.25) is 0 Å². The lowest BCUT2D eigenvalue weighted by Crippen LogP contribution is -2.31. The number of amides is 2. The van der Waals surface area contributed by atoms with Crippen LogP contribution in [0.4, 0.5) is 10.8 Å². The van der Waals surface area contributed by atoms with E-state index in [-0.39, 0.29) is 11.8 Å². The third kappa shape index (κ3) is 4.98. The number of carbonyl (C=O) groups is 2. The minimum Gasteiger partial charge on any atom is -0.398 e. The average Bonchev–Trinajstić information content (AvgIpc) is 3.44. The standard InChI is InChI=1S/C27H29N7O2S/c1-16(35)30-27-31-22-12-11-20-23(17-7-5-4-6-8-17)32-34(24(20)25(22)37-27)18-9-10-19(21(28)15-18)26(36)29-13-14-33(2)3/h4-10,15H,11-14,28H2,1-3H3,(H,29,36)(H,30,31,35). The van der Waals surface area contributed by atoms with Gasteiger partial charge in [0, 0.05) is 36.8 Å². The van der Waals surface area contributed by atoms with Crippen molar-refractivity contribution in [3.8, 4) is 27.5 Å². The molecule has 2 aromatic heterocycles. The molecule has 1 aliphatic carbocycles. The van der Waals surface area contributed by atoms with E-state index in [9.17, 15) is 9.59 Å². The number of carbonyl (C=O) groups excluding carboxylic acids is 2. The molecule has 0 fully saturated rings. The Morgan fingerprint density at radius 2 is 1.92 bits per heavy atom. The summed E-state index contributed by atoms with van der Waals surface area (Å²) in [6.07, 6.45) is 1.54. The second kappa shape index (κ2) is 10.2. The van der Waals surface area contributed by atoms with E-state index in [4.69, 9.17) is 10.8 Å². The predicted molar refractivity (Wildman–Crippen MR) is 147 cm³/mol. The van der Waals surface area contributed by atoms with Crippen LogP contribution in [-0.4, -0.2) is 58.7 Å². The van der Waals surface area contributed by atoms with Gasteiger partial charge in [-0.05, 0) is 45.1 Å². The molecule has 0 spiro atoms. The highest BCUT2D eigenvalue weighted by Gasteiger charge is 2.30. The molecule has 0 aliphatic heterocycles. The molecule has 9 nitrogen and oxygen atoms in total. The van der Waals surface area contributed by atoms with Crippen LogP contribution in [0.25, 0.3) is 27.5 Å². The number of fused-ring (bicyclic) bond motifs is 3. The maximum absolute atomic E-state index is 12.7. The zero-order valence-electron chi connectivity index (χ0n) is 21.0. The van der Waals surface area contributed by atoms with Gasteiger partial charge in [0.15, 0.2) is 5.13 Å². The van der Waals surface area contributed by atoms with Gasteiger partial charge in [-0.3, -0.25) is 9.59 Å². The highest BCUT2D eigenvalue weighted by atomic mass is 32.1. The summed E-state index contributed by atoms with van der Waals surface area (Å²) in [6.45, 7) is 2.75. The van der Waals surface area contributed by atoms with E-state index in [1.165, 1.54) is 18.3 Å². The molecule has 2 amide bonds. The lowest BCUT2D eigenvalue weighted by molar-refractivity contribution is -0.114. The van der Waals surface area contributed by atoms with Gasteiger partial charge in [-0.2, -0.15) is 5.10 Å². The highest BCUT2D eigenvalue weighted by Crippen LogP contribution is 2.44. The Balaban J connectivity index is 1.58. The number of hydrogen-bond donors (Lipinski definition) is 3. The van der Waals surface area contributed by atoms with Crippen LogP contribution in [0.5, 0.6) is 0 Å². The Labute approximate surface area is 219 Å². The van der Waals surface area contributed by atoms with Crippen molar-refractivity contribution in [2.24, 2.45) is 0 Å². The first-order valence-corrected chi connectivity index (χ1v) is 12.9. The molecule has 2 aromatic carbocycles. The van der Waals surface area contributed by atoms with Crippen LogP contribution >= 0.6 is 11.3 Å². The van der Waals surface area contributed by atoms with Crippen molar-refractivity contribution in [3.63, 3.8) is 0 Å². The summed E-state index contributed by atoms with van der Waals surface area (Å²) in [5.74, 6) is -0.361. The molecule has 2 heterocycles. The van der Waals surface area contributed by atoms with Crippen molar-refractivity contribution >= 4 is 34.0 Å². The van der Waals surface area contributed by atoms with Crippen LogP contribution in [-0.2, 0) is 17.6 Å². The van der Waals surface area contributed by atoms with Gasteiger partial charge >= 0.3 is 0 Å². The molecule has 4 aromatic rings. The number of nitrogens with two attached hydrogens (primary N) is 1. The van der Waals surface area contributed by atoms with E-state index >= 15 is 0 Å². The Kier molecular flexibility index (Phi) is 6.77. The maximum Gasteiger partial charge on any atom is 0.253 e. The number of nitrogen functional groups attached to an aromatic ring is 1. The first-order valence-electron chi connectivity index (χ1n) is 12.1. The maximum atomic E-state index is 12.7. The first kappa shape index (κ1) is 24.7. The summed E-state index contributed by atoms with van der Waals surface area (Å²) in [5.41, 5.74) is 12.9. The number of rotatable bonds is 7. The molecule has 1 aliphatic rings. The molecule has 0 unspecified atom stereocenters. The molecule has 0 bridgehead atoms. The van der Waals surface area contributed by atoms with Crippen molar-refractivity contribution in [1.82, 2.24) is 25.0 Å². The summed E-state index contributed by atoms with van der Waals surface area (Å²) in [6, 6.07) is 15.5. The predicted octanol–water partition coefficient (Wildman–Crippen LogP) is 3.59. The van der Waals surface area contributed by atoms with Gasteiger partial charge in [0.05, 0.1) is 33.2 Å². The van der Waals surface area contributed by atoms with Gasteiger partial charge in [0.2, 0.25) is 5.91 Å². The lowest BCUT2D eigenvalue weighted by atomic mass is 9.95. The second-order valence-corrected chi connectivity index (χ2v) is 10.3. The molecule has 0 saturated heterocycles. The van der Waals surface area contributed by atoms with E-state index in [1.807, 2.05) is 60.1 Å². The van der Waals surface area contributed by atoms with E-state index in [0.717, 1.165) is 58.2 Å². The normalized spacial score (nSPS) is 12.2. The third-order valence-corrected chi connectivity index (χ3v) is 7.23. The number of aromatic nitrogens is 3. The summed E-state index contributed by atoms with van der Waals surface area (Å²) < 4.78 is 1.88. The van der Waals surface area contributed by atoms with Crippen LogP contribution in [0.15, 0.2) is 48.5 Å². The monoisotopic (exact) mass is 515 g/mol. The first-order chi connectivity index (χ1) is 17.8. The summed E-state index contributed by atoms with van der Waals surface area (Å²) in [7, 11) is 3.91. The Bertz CT molecular complexity index is 1470. The van der Waals surface area contributed by atoms with Crippen LogP contribution < -0.4 is 16.4 Å². The lowest BCUT2D eigenvalue weighted by Gasteiger charge is -2.15. The smallest absolute Gasteiger partial charge is 0.253 e. The molecule has 0 atom stereocenters. The van der Waals surface area contributed by atoms with E-state index in [2.05, 4.69) is 15.6 Å². The quantitative estimate of drug-likeness (QED) is 0.324. The topological polar surface area (TPSA) is 118 Å². The minimum atomic E-state index is -0.205. The number of hydrogen-bond acceptors (Lipinski definition) is 7. The molecule has 5 rings (SSSR count). The number of anilines is 2. The molecule has 190 valence electrons. The molecule has 37 heavy (non-hydrogen) atoms. The second-order valence-electron chi connectivity index (χ2n) is 9.26. The molecule has 0 radical (unpaired) electrons. The van der Waals surface area contributed by atoms with Gasteiger partial charge in [-0.25, -0.2) is 9.67 Å². The Morgan fingerprint density at radius 1 is 1.14 bits per heavy atom. The fraction of sp³-hybridized carbons (Fsp3) is 0.259. The zero-order chi connectivity index (χ0) is 26.1. The molecule has 10 heteroatoms. The van der Waals surface area contributed by atoms with Gasteiger partial charge in [0.1, 0.15) is 0 Å². The van der Waals surface area contributed by atoms with Crippen molar-refractivity contribution in [2.75, 3.05) is 38.2 Å². The average molecular weight is 516 g/mol. The summed E-state index contributed by atoms with van der Waals surface area (Å²) >= 11 is 1.44. The highest BCUT2D eigenvalue weighted by molar-refractivity contribution is 7.19. The van der Waals surface area contributed by atoms with Crippen molar-refractivity contribution in [2.45, 2.75) is 19.8 Å².